The number of hydrogen-bond donors (Lipinski definition) is 0. The highest BCUT2D eigenvalue weighted by atomic mass is 16.6. The van der Waals surface area contributed by atoms with Gasteiger partial charge in [0.25, 0.3) is 0 Å². The number of carbonyl (C=O) groups excluding carboxylic acids is 2. The molecular weight excluding hydrogens is 402 g/mol. The lowest BCUT2D eigenvalue weighted by Gasteiger charge is -2.42. The van der Waals surface area contributed by atoms with Crippen LogP contribution >= 0.6 is 0 Å². The molecule has 0 N–H and O–H groups in total. The first-order valence-corrected chi connectivity index (χ1v) is 12.8. The molecule has 4 aliphatic carbocycles. The minimum atomic E-state index is -0.141. The van der Waals surface area contributed by atoms with Gasteiger partial charge in [0, 0.05) is 16.2 Å². The summed E-state index contributed by atoms with van der Waals surface area (Å²) in [7, 11) is 4.01. The number of rotatable bonds is 7. The lowest BCUT2D eigenvalue weighted by molar-refractivity contribution is -0.882. The zero-order chi connectivity index (χ0) is 23.7. The van der Waals surface area contributed by atoms with Crippen molar-refractivity contribution in [2.75, 3.05) is 27.2 Å². The number of carbonyl (C=O) groups is 2. The van der Waals surface area contributed by atoms with Crippen LogP contribution < -0.4 is 0 Å². The fourth-order valence-electron chi connectivity index (χ4n) is 8.07. The maximum Gasteiger partial charge on any atom is 0.362 e. The van der Waals surface area contributed by atoms with Crippen LogP contribution in [0, 0.1) is 33.5 Å². The third kappa shape index (κ3) is 3.71. The molecule has 5 nitrogen and oxygen atoms in total. The van der Waals surface area contributed by atoms with Gasteiger partial charge in [-0.15, -0.1) is 0 Å². The summed E-state index contributed by atoms with van der Waals surface area (Å²) >= 11 is 0. The van der Waals surface area contributed by atoms with Crippen LogP contribution in [0.4, 0.5) is 0 Å². The van der Waals surface area contributed by atoms with Gasteiger partial charge in [0.15, 0.2) is 6.54 Å². The molecule has 6 atom stereocenters. The second kappa shape index (κ2) is 7.45. The van der Waals surface area contributed by atoms with Crippen molar-refractivity contribution in [3.05, 3.63) is 0 Å². The summed E-state index contributed by atoms with van der Waals surface area (Å²) in [5, 5.41) is 0. The number of ether oxygens (including phenoxy) is 2. The van der Waals surface area contributed by atoms with E-state index in [0.29, 0.717) is 29.3 Å². The SMILES string of the molecule is CC12CCC(C1)C(C)(C)C2OC(=O)C[N+](C)(C)CCC(=O)OC1CC2CCC1(C)C2(C)C. The molecule has 4 aliphatic rings. The standard InChI is InChI=1S/C27H46NO4/c1-24(2)19-9-12-26(5,16-19)23(24)32-22(30)17-28(7,8)14-11-21(29)31-20-15-18-10-13-27(20,6)25(18,3)4/h18-20,23H,9-17H2,1-8H3/q+1. The second-order valence-corrected chi connectivity index (χ2v) is 13.9. The molecule has 0 aromatic carbocycles. The van der Waals surface area contributed by atoms with Gasteiger partial charge >= 0.3 is 11.9 Å². The minimum absolute atomic E-state index is 0.00639. The van der Waals surface area contributed by atoms with Crippen molar-refractivity contribution in [1.29, 1.82) is 0 Å². The average Bonchev–Trinajstić information content (AvgIpc) is 3.28. The first kappa shape index (κ1) is 24.0. The Morgan fingerprint density at radius 1 is 0.906 bits per heavy atom. The van der Waals surface area contributed by atoms with Crippen LogP contribution in [-0.4, -0.2) is 55.8 Å². The van der Waals surface area contributed by atoms with E-state index in [1.165, 1.54) is 19.3 Å². The van der Waals surface area contributed by atoms with E-state index in [1.54, 1.807) is 0 Å². The fourth-order valence-corrected chi connectivity index (χ4v) is 8.07. The van der Waals surface area contributed by atoms with Gasteiger partial charge in [-0.25, -0.2) is 4.79 Å². The van der Waals surface area contributed by atoms with Gasteiger partial charge in [-0.05, 0) is 55.8 Å². The number of fused-ring (bicyclic) bond motifs is 4. The van der Waals surface area contributed by atoms with Gasteiger partial charge in [-0.1, -0.05) is 41.5 Å². The monoisotopic (exact) mass is 448 g/mol. The van der Waals surface area contributed by atoms with Gasteiger partial charge in [0.05, 0.1) is 27.1 Å². The molecule has 0 radical (unpaired) electrons. The quantitative estimate of drug-likeness (QED) is 0.408. The van der Waals surface area contributed by atoms with Gasteiger partial charge in [-0.2, -0.15) is 0 Å². The molecule has 0 spiro atoms. The molecule has 4 fully saturated rings. The van der Waals surface area contributed by atoms with Crippen molar-refractivity contribution in [3.63, 3.8) is 0 Å². The van der Waals surface area contributed by atoms with E-state index in [9.17, 15) is 9.59 Å². The molecule has 0 heterocycles. The van der Waals surface area contributed by atoms with E-state index < -0.39 is 0 Å². The van der Waals surface area contributed by atoms with Crippen molar-refractivity contribution < 1.29 is 23.5 Å². The van der Waals surface area contributed by atoms with Crippen LogP contribution in [0.3, 0.4) is 0 Å². The normalized spacial score (nSPS) is 41.1. The summed E-state index contributed by atoms with van der Waals surface area (Å²) in [4.78, 5) is 25.6. The summed E-state index contributed by atoms with van der Waals surface area (Å²) in [6.45, 7) is 14.6. The molecule has 0 aliphatic heterocycles. The van der Waals surface area contributed by atoms with E-state index in [1.807, 2.05) is 14.1 Å². The summed E-state index contributed by atoms with van der Waals surface area (Å²) in [5.41, 5.74) is 0.496. The van der Waals surface area contributed by atoms with Crippen LogP contribution in [0.25, 0.3) is 0 Å². The average molecular weight is 449 g/mol. The van der Waals surface area contributed by atoms with E-state index in [2.05, 4.69) is 41.5 Å². The highest BCUT2D eigenvalue weighted by Gasteiger charge is 2.63. The Balaban J connectivity index is 1.27. The minimum Gasteiger partial charge on any atom is -0.462 e. The molecule has 5 heteroatoms. The molecule has 0 aromatic heterocycles. The van der Waals surface area contributed by atoms with E-state index in [4.69, 9.17) is 9.47 Å². The molecule has 32 heavy (non-hydrogen) atoms. The molecular formula is C27H46NO4+. The van der Waals surface area contributed by atoms with Gasteiger partial charge in [0.1, 0.15) is 12.2 Å². The first-order chi connectivity index (χ1) is 14.6. The Hall–Kier alpha value is -1.10. The summed E-state index contributed by atoms with van der Waals surface area (Å²) < 4.78 is 12.6. The zero-order valence-electron chi connectivity index (χ0n) is 21.8. The van der Waals surface area contributed by atoms with Gasteiger partial charge in [0.2, 0.25) is 0 Å². The van der Waals surface area contributed by atoms with Crippen molar-refractivity contribution in [2.45, 2.75) is 98.7 Å². The van der Waals surface area contributed by atoms with E-state index in [0.717, 1.165) is 19.3 Å². The van der Waals surface area contributed by atoms with E-state index >= 15 is 0 Å². The number of hydrogen-bond acceptors (Lipinski definition) is 4. The molecule has 4 rings (SSSR count). The van der Waals surface area contributed by atoms with Crippen molar-refractivity contribution in [2.24, 2.45) is 33.5 Å². The molecule has 0 saturated heterocycles. The Labute approximate surface area is 195 Å². The van der Waals surface area contributed by atoms with Crippen LogP contribution in [0.5, 0.6) is 0 Å². The second-order valence-electron chi connectivity index (χ2n) is 13.9. The predicted molar refractivity (Wildman–Crippen MR) is 125 cm³/mol. The maximum atomic E-state index is 12.9. The number of nitrogens with zero attached hydrogens (tertiary/aromatic N) is 1. The Kier molecular flexibility index (Phi) is 5.60. The topological polar surface area (TPSA) is 52.6 Å². The van der Waals surface area contributed by atoms with E-state index in [-0.39, 0.29) is 52.4 Å². The zero-order valence-corrected chi connectivity index (χ0v) is 21.8. The molecule has 4 bridgehead atoms. The summed E-state index contributed by atoms with van der Waals surface area (Å²) in [5.74, 6) is 1.04. The first-order valence-electron chi connectivity index (χ1n) is 12.8. The Morgan fingerprint density at radius 2 is 1.56 bits per heavy atom. The lowest BCUT2D eigenvalue weighted by Crippen LogP contribution is -2.49. The summed E-state index contributed by atoms with van der Waals surface area (Å²) in [6.07, 6.45) is 7.33. The molecule has 0 amide bonds. The van der Waals surface area contributed by atoms with Gasteiger partial charge < -0.3 is 14.0 Å². The third-order valence-electron chi connectivity index (χ3n) is 10.9. The van der Waals surface area contributed by atoms with Crippen molar-refractivity contribution in [1.82, 2.24) is 0 Å². The number of quaternary nitrogens is 1. The smallest absolute Gasteiger partial charge is 0.362 e. The van der Waals surface area contributed by atoms with Crippen LogP contribution in [0.1, 0.15) is 86.5 Å². The Bertz CT molecular complexity index is 782. The number of likely N-dealkylation sites (N-methyl/N-ethyl adjacent to an activating group) is 1. The number of esters is 2. The predicted octanol–water partition coefficient (Wildman–Crippen LogP) is 4.97. The highest BCUT2D eigenvalue weighted by Crippen LogP contribution is 2.66. The summed E-state index contributed by atoms with van der Waals surface area (Å²) in [6, 6.07) is 0. The largest absolute Gasteiger partial charge is 0.462 e. The molecule has 0 aromatic rings. The van der Waals surface area contributed by atoms with Gasteiger partial charge in [-0.3, -0.25) is 4.79 Å². The fraction of sp³-hybridized carbons (Fsp3) is 0.926. The molecule has 4 saturated carbocycles. The third-order valence-corrected chi connectivity index (χ3v) is 10.9. The van der Waals surface area contributed by atoms with Crippen LogP contribution in [0.2, 0.25) is 0 Å². The lowest BCUT2D eigenvalue weighted by atomic mass is 9.70. The van der Waals surface area contributed by atoms with Crippen molar-refractivity contribution >= 4 is 11.9 Å². The maximum absolute atomic E-state index is 12.9. The molecule has 6 unspecified atom stereocenters. The Morgan fingerprint density at radius 3 is 2.09 bits per heavy atom. The highest BCUT2D eigenvalue weighted by molar-refractivity contribution is 5.71. The van der Waals surface area contributed by atoms with Crippen LogP contribution in [-0.2, 0) is 19.1 Å². The molecule has 182 valence electrons. The van der Waals surface area contributed by atoms with Crippen LogP contribution in [0.15, 0.2) is 0 Å². The van der Waals surface area contributed by atoms with Crippen molar-refractivity contribution in [3.8, 4) is 0 Å².